The Hall–Kier alpha value is -2.33. The highest BCUT2D eigenvalue weighted by Gasteiger charge is 2.26. The molecule has 0 fully saturated rings. The fourth-order valence-corrected chi connectivity index (χ4v) is 3.03. The summed E-state index contributed by atoms with van der Waals surface area (Å²) in [6, 6.07) is 14.7. The average Bonchev–Trinajstić information content (AvgIpc) is 2.66. The first kappa shape index (κ1) is 22.0. The zero-order chi connectivity index (χ0) is 20.7. The molecule has 5 heteroatoms. The molecule has 0 aliphatic carbocycles. The first-order chi connectivity index (χ1) is 13.3. The number of hydrogen-bond acceptors (Lipinski definition) is 2. The second-order valence-electron chi connectivity index (χ2n) is 7.59. The molecule has 150 valence electrons. The summed E-state index contributed by atoms with van der Waals surface area (Å²) in [6.07, 6.45) is 0.160. The number of nitrogens with zero attached hydrogens (tertiary/aromatic N) is 1. The van der Waals surface area contributed by atoms with Crippen molar-refractivity contribution >= 4 is 23.4 Å². The Morgan fingerprint density at radius 1 is 1.04 bits per heavy atom. The van der Waals surface area contributed by atoms with Gasteiger partial charge in [-0.3, -0.25) is 9.59 Å². The standard InChI is InChI=1S/C23H29ClN2O2/c1-16(2)14-25-23(28)18(4)26(15-19-11-9-17(3)10-12-19)22(27)13-20-7-5-6-8-21(20)24/h5-12,16,18H,13-15H2,1-4H3,(H,25,28). The van der Waals surface area contributed by atoms with E-state index in [1.807, 2.05) is 63.2 Å². The molecule has 0 aliphatic rings. The molecule has 2 aromatic carbocycles. The molecule has 1 N–H and O–H groups in total. The molecule has 0 aromatic heterocycles. The van der Waals surface area contributed by atoms with E-state index in [9.17, 15) is 9.59 Å². The Morgan fingerprint density at radius 3 is 2.29 bits per heavy atom. The number of hydrogen-bond donors (Lipinski definition) is 1. The Morgan fingerprint density at radius 2 is 1.68 bits per heavy atom. The van der Waals surface area contributed by atoms with Crippen LogP contribution in [0.4, 0.5) is 0 Å². The number of rotatable bonds is 8. The molecular formula is C23H29ClN2O2. The summed E-state index contributed by atoms with van der Waals surface area (Å²) in [5, 5.41) is 3.49. The number of aryl methyl sites for hydroxylation is 1. The van der Waals surface area contributed by atoms with Gasteiger partial charge in [-0.25, -0.2) is 0 Å². The summed E-state index contributed by atoms with van der Waals surface area (Å²) in [6.45, 7) is 8.83. The molecule has 0 saturated carbocycles. The number of amides is 2. The van der Waals surface area contributed by atoms with Crippen LogP contribution in [0.1, 0.15) is 37.5 Å². The molecule has 2 aromatic rings. The van der Waals surface area contributed by atoms with Gasteiger partial charge in [0.1, 0.15) is 6.04 Å². The fourth-order valence-electron chi connectivity index (χ4n) is 2.83. The summed E-state index contributed by atoms with van der Waals surface area (Å²) in [4.78, 5) is 27.4. The van der Waals surface area contributed by atoms with Crippen molar-refractivity contribution in [2.75, 3.05) is 6.54 Å². The van der Waals surface area contributed by atoms with E-state index < -0.39 is 6.04 Å². The van der Waals surface area contributed by atoms with Crippen LogP contribution in [0.25, 0.3) is 0 Å². The van der Waals surface area contributed by atoms with E-state index in [0.717, 1.165) is 16.7 Å². The number of nitrogens with one attached hydrogen (secondary N) is 1. The molecule has 1 unspecified atom stereocenters. The van der Waals surface area contributed by atoms with E-state index in [0.29, 0.717) is 24.0 Å². The van der Waals surface area contributed by atoms with Gasteiger partial charge in [-0.1, -0.05) is 73.5 Å². The molecule has 0 saturated heterocycles. The fraction of sp³-hybridized carbons (Fsp3) is 0.391. The molecule has 4 nitrogen and oxygen atoms in total. The van der Waals surface area contributed by atoms with Gasteiger partial charge >= 0.3 is 0 Å². The van der Waals surface area contributed by atoms with Crippen LogP contribution in [0.15, 0.2) is 48.5 Å². The number of carbonyl (C=O) groups is 2. The van der Waals surface area contributed by atoms with Gasteiger partial charge in [0.25, 0.3) is 0 Å². The minimum atomic E-state index is -0.574. The van der Waals surface area contributed by atoms with E-state index in [1.54, 1.807) is 17.9 Å². The second-order valence-corrected chi connectivity index (χ2v) is 8.00. The predicted octanol–water partition coefficient (Wildman–Crippen LogP) is 4.38. The Balaban J connectivity index is 2.21. The molecule has 0 aliphatic heterocycles. The molecule has 0 radical (unpaired) electrons. The highest BCUT2D eigenvalue weighted by atomic mass is 35.5. The zero-order valence-corrected chi connectivity index (χ0v) is 17.8. The lowest BCUT2D eigenvalue weighted by molar-refractivity contribution is -0.140. The third kappa shape index (κ3) is 6.38. The maximum Gasteiger partial charge on any atom is 0.242 e. The minimum Gasteiger partial charge on any atom is -0.354 e. The Labute approximate surface area is 172 Å². The molecule has 0 spiro atoms. The summed E-state index contributed by atoms with van der Waals surface area (Å²) in [5.74, 6) is 0.0784. The third-order valence-electron chi connectivity index (χ3n) is 4.62. The minimum absolute atomic E-state index is 0.124. The van der Waals surface area contributed by atoms with Gasteiger partial charge in [-0.2, -0.15) is 0 Å². The number of halogens is 1. The normalized spacial score (nSPS) is 11.9. The van der Waals surface area contributed by atoms with Crippen LogP contribution in [0.5, 0.6) is 0 Å². The van der Waals surface area contributed by atoms with Crippen molar-refractivity contribution in [3.05, 3.63) is 70.2 Å². The lowest BCUT2D eigenvalue weighted by Crippen LogP contribution is -2.48. The summed E-state index contributed by atoms with van der Waals surface area (Å²) < 4.78 is 0. The largest absolute Gasteiger partial charge is 0.354 e. The SMILES string of the molecule is Cc1ccc(CN(C(=O)Cc2ccccc2Cl)C(C)C(=O)NCC(C)C)cc1. The molecule has 1 atom stereocenters. The van der Waals surface area contributed by atoms with E-state index in [2.05, 4.69) is 5.32 Å². The highest BCUT2D eigenvalue weighted by molar-refractivity contribution is 6.31. The predicted molar refractivity (Wildman–Crippen MR) is 114 cm³/mol. The van der Waals surface area contributed by atoms with Crippen LogP contribution in [-0.4, -0.2) is 29.3 Å². The average molecular weight is 401 g/mol. The lowest BCUT2D eigenvalue weighted by atomic mass is 10.1. The maximum absolute atomic E-state index is 13.1. The van der Waals surface area contributed by atoms with Gasteiger partial charge in [0.15, 0.2) is 0 Å². The van der Waals surface area contributed by atoms with Gasteiger partial charge < -0.3 is 10.2 Å². The van der Waals surface area contributed by atoms with Crippen LogP contribution in [0.3, 0.4) is 0 Å². The smallest absolute Gasteiger partial charge is 0.242 e. The van der Waals surface area contributed by atoms with Gasteiger partial charge in [-0.05, 0) is 37.0 Å². The van der Waals surface area contributed by atoms with Crippen LogP contribution in [0, 0.1) is 12.8 Å². The molecule has 28 heavy (non-hydrogen) atoms. The van der Waals surface area contributed by atoms with Gasteiger partial charge in [-0.15, -0.1) is 0 Å². The first-order valence-electron chi connectivity index (χ1n) is 9.64. The maximum atomic E-state index is 13.1. The Bertz CT molecular complexity index is 803. The Kier molecular flexibility index (Phi) is 8.06. The summed E-state index contributed by atoms with van der Waals surface area (Å²) in [7, 11) is 0. The van der Waals surface area contributed by atoms with E-state index >= 15 is 0 Å². The first-order valence-corrected chi connectivity index (χ1v) is 10.0. The highest BCUT2D eigenvalue weighted by Crippen LogP contribution is 2.18. The van der Waals surface area contributed by atoms with Crippen LogP contribution >= 0.6 is 11.6 Å². The van der Waals surface area contributed by atoms with Crippen molar-refractivity contribution in [1.29, 1.82) is 0 Å². The van der Waals surface area contributed by atoms with Crippen molar-refractivity contribution in [3.63, 3.8) is 0 Å². The van der Waals surface area contributed by atoms with Crippen molar-refractivity contribution in [1.82, 2.24) is 10.2 Å². The lowest BCUT2D eigenvalue weighted by Gasteiger charge is -2.29. The molecule has 0 heterocycles. The van der Waals surface area contributed by atoms with Crippen molar-refractivity contribution < 1.29 is 9.59 Å². The van der Waals surface area contributed by atoms with Crippen molar-refractivity contribution in [3.8, 4) is 0 Å². The molecule has 2 amide bonds. The van der Waals surface area contributed by atoms with Gasteiger partial charge in [0.2, 0.25) is 11.8 Å². The van der Waals surface area contributed by atoms with Crippen molar-refractivity contribution in [2.45, 2.75) is 46.7 Å². The van der Waals surface area contributed by atoms with Crippen LogP contribution in [0.2, 0.25) is 5.02 Å². The topological polar surface area (TPSA) is 49.4 Å². The molecule has 0 bridgehead atoms. The summed E-state index contributed by atoms with van der Waals surface area (Å²) in [5.41, 5.74) is 2.90. The molecular weight excluding hydrogens is 372 g/mol. The number of benzene rings is 2. The third-order valence-corrected chi connectivity index (χ3v) is 4.99. The van der Waals surface area contributed by atoms with Gasteiger partial charge in [0.05, 0.1) is 6.42 Å². The van der Waals surface area contributed by atoms with Gasteiger partial charge in [0, 0.05) is 18.1 Å². The van der Waals surface area contributed by atoms with E-state index in [1.165, 1.54) is 0 Å². The summed E-state index contributed by atoms with van der Waals surface area (Å²) >= 11 is 6.23. The number of carbonyl (C=O) groups excluding carboxylic acids is 2. The quantitative estimate of drug-likeness (QED) is 0.714. The second kappa shape index (κ2) is 10.3. The van der Waals surface area contributed by atoms with Crippen LogP contribution < -0.4 is 5.32 Å². The zero-order valence-electron chi connectivity index (χ0n) is 17.0. The monoisotopic (exact) mass is 400 g/mol. The molecule has 2 rings (SSSR count). The van der Waals surface area contributed by atoms with E-state index in [4.69, 9.17) is 11.6 Å². The van der Waals surface area contributed by atoms with Crippen molar-refractivity contribution in [2.24, 2.45) is 5.92 Å². The van der Waals surface area contributed by atoms with Crippen LogP contribution in [-0.2, 0) is 22.6 Å². The van der Waals surface area contributed by atoms with E-state index in [-0.39, 0.29) is 18.2 Å².